The molecule has 0 saturated carbocycles. The van der Waals surface area contributed by atoms with Gasteiger partial charge >= 0.3 is 0 Å². The average Bonchev–Trinajstić information content (AvgIpc) is 3.27. The van der Waals surface area contributed by atoms with Gasteiger partial charge in [0, 0.05) is 47.9 Å². The smallest absolute Gasteiger partial charge is 0.226 e. The molecule has 6 rings (SSSR count). The monoisotopic (exact) mass is 463 g/mol. The molecule has 0 radical (unpaired) electrons. The Morgan fingerprint density at radius 2 is 1.71 bits per heavy atom. The maximum atomic E-state index is 6.00. The zero-order chi connectivity index (χ0) is 22.9. The van der Waals surface area contributed by atoms with Crippen LogP contribution in [0.5, 0.6) is 0 Å². The van der Waals surface area contributed by atoms with Crippen molar-refractivity contribution in [3.05, 3.63) is 95.5 Å². The number of rotatable bonds is 3. The SMILES string of the molecule is Clc1ccc(C2CN(c3nccc(-c4nccc(C#Cn5ncc6ccccc65)n4)n3)C2)cc1. The first-order valence-corrected chi connectivity index (χ1v) is 11.2. The second kappa shape index (κ2) is 8.58. The summed E-state index contributed by atoms with van der Waals surface area (Å²) in [5.41, 5.74) is 3.48. The molecule has 0 N–H and O–H groups in total. The zero-order valence-corrected chi connectivity index (χ0v) is 18.8. The molecule has 5 aromatic rings. The lowest BCUT2D eigenvalue weighted by Crippen LogP contribution is -2.46. The Kier molecular flexibility index (Phi) is 5.13. The van der Waals surface area contributed by atoms with E-state index >= 15 is 0 Å². The van der Waals surface area contributed by atoms with Gasteiger partial charge in [0.15, 0.2) is 5.82 Å². The third kappa shape index (κ3) is 3.96. The van der Waals surface area contributed by atoms with Gasteiger partial charge in [-0.15, -0.1) is 0 Å². The van der Waals surface area contributed by atoms with E-state index < -0.39 is 0 Å². The first kappa shape index (κ1) is 20.3. The van der Waals surface area contributed by atoms with Crippen molar-refractivity contribution in [3.8, 4) is 23.5 Å². The molecule has 8 heteroatoms. The Balaban J connectivity index is 1.21. The molecule has 1 saturated heterocycles. The van der Waals surface area contributed by atoms with Gasteiger partial charge < -0.3 is 4.90 Å². The highest BCUT2D eigenvalue weighted by Crippen LogP contribution is 2.30. The minimum atomic E-state index is 0.442. The molecule has 3 aromatic heterocycles. The summed E-state index contributed by atoms with van der Waals surface area (Å²) in [5, 5.41) is 6.13. The molecule has 1 aliphatic rings. The number of nitrogens with zero attached hydrogens (tertiary/aromatic N) is 7. The van der Waals surface area contributed by atoms with Crippen LogP contribution in [0.2, 0.25) is 5.02 Å². The largest absolute Gasteiger partial charge is 0.339 e. The fourth-order valence-electron chi connectivity index (χ4n) is 3.94. The number of fused-ring (bicyclic) bond motifs is 1. The Morgan fingerprint density at radius 1 is 0.882 bits per heavy atom. The Bertz CT molecular complexity index is 1540. The van der Waals surface area contributed by atoms with Crippen LogP contribution in [-0.4, -0.2) is 42.8 Å². The third-order valence-corrected chi connectivity index (χ3v) is 6.05. The first-order chi connectivity index (χ1) is 16.7. The molecular formula is C26H18ClN7. The molecule has 34 heavy (non-hydrogen) atoms. The number of benzene rings is 2. The fourth-order valence-corrected chi connectivity index (χ4v) is 4.06. The molecule has 2 aromatic carbocycles. The van der Waals surface area contributed by atoms with Gasteiger partial charge in [-0.05, 0) is 41.8 Å². The van der Waals surface area contributed by atoms with Crippen molar-refractivity contribution < 1.29 is 0 Å². The summed E-state index contributed by atoms with van der Waals surface area (Å²) in [6.45, 7) is 1.71. The average molecular weight is 464 g/mol. The van der Waals surface area contributed by atoms with Crippen molar-refractivity contribution in [2.45, 2.75) is 5.92 Å². The van der Waals surface area contributed by atoms with Crippen LogP contribution in [-0.2, 0) is 0 Å². The van der Waals surface area contributed by atoms with E-state index in [0.29, 0.717) is 29.1 Å². The summed E-state index contributed by atoms with van der Waals surface area (Å²) in [5.74, 6) is 4.70. The quantitative estimate of drug-likeness (QED) is 0.369. The molecule has 0 aliphatic carbocycles. The van der Waals surface area contributed by atoms with Crippen LogP contribution in [0.25, 0.3) is 22.4 Å². The van der Waals surface area contributed by atoms with Gasteiger partial charge in [-0.1, -0.05) is 41.9 Å². The number of para-hydroxylation sites is 1. The molecule has 0 atom stereocenters. The van der Waals surface area contributed by atoms with Crippen LogP contribution in [0.1, 0.15) is 17.2 Å². The lowest BCUT2D eigenvalue weighted by molar-refractivity contribution is 0.514. The molecule has 0 spiro atoms. The Labute approximate surface area is 201 Å². The predicted octanol–water partition coefficient (Wildman–Crippen LogP) is 4.40. The lowest BCUT2D eigenvalue weighted by Gasteiger charge is -2.39. The predicted molar refractivity (Wildman–Crippen MR) is 131 cm³/mol. The molecule has 164 valence electrons. The first-order valence-electron chi connectivity index (χ1n) is 10.8. The van der Waals surface area contributed by atoms with E-state index in [1.54, 1.807) is 29.3 Å². The van der Waals surface area contributed by atoms with E-state index in [2.05, 4.69) is 49.0 Å². The van der Waals surface area contributed by atoms with Crippen LogP contribution in [0.4, 0.5) is 5.95 Å². The van der Waals surface area contributed by atoms with Crippen LogP contribution >= 0.6 is 11.6 Å². The summed E-state index contributed by atoms with van der Waals surface area (Å²) < 4.78 is 1.65. The normalized spacial score (nSPS) is 13.4. The minimum absolute atomic E-state index is 0.442. The van der Waals surface area contributed by atoms with Gasteiger partial charge in [0.2, 0.25) is 5.95 Å². The standard InChI is InChI=1S/C26H18ClN7/c27-21-7-5-18(6-8-21)20-16-33(17-20)26-29-13-10-23(32-26)25-28-12-9-22(31-25)11-14-34-24-4-2-1-3-19(24)15-30-34/h1-10,12-13,15,20H,16-17H2. The van der Waals surface area contributed by atoms with Crippen LogP contribution in [0, 0.1) is 12.0 Å². The van der Waals surface area contributed by atoms with E-state index in [-0.39, 0.29) is 0 Å². The lowest BCUT2D eigenvalue weighted by atomic mass is 9.92. The summed E-state index contributed by atoms with van der Waals surface area (Å²) in [6.07, 6.45) is 5.23. The summed E-state index contributed by atoms with van der Waals surface area (Å²) in [6, 6.07) is 22.6. The second-order valence-electron chi connectivity index (χ2n) is 8.01. The van der Waals surface area contributed by atoms with Gasteiger partial charge in [0.05, 0.1) is 11.7 Å². The summed E-state index contributed by atoms with van der Waals surface area (Å²) >= 11 is 6.00. The fraction of sp³-hybridized carbons (Fsp3) is 0.115. The Hall–Kier alpha value is -4.28. The van der Waals surface area contributed by atoms with Crippen LogP contribution in [0.3, 0.4) is 0 Å². The van der Waals surface area contributed by atoms with Crippen molar-refractivity contribution >= 4 is 28.5 Å². The van der Waals surface area contributed by atoms with E-state index in [4.69, 9.17) is 16.6 Å². The highest BCUT2D eigenvalue weighted by atomic mass is 35.5. The van der Waals surface area contributed by atoms with Crippen molar-refractivity contribution in [2.75, 3.05) is 18.0 Å². The topological polar surface area (TPSA) is 72.6 Å². The van der Waals surface area contributed by atoms with E-state index in [9.17, 15) is 0 Å². The zero-order valence-electron chi connectivity index (χ0n) is 18.0. The minimum Gasteiger partial charge on any atom is -0.339 e. The molecule has 1 aliphatic heterocycles. The van der Waals surface area contributed by atoms with Crippen LogP contribution < -0.4 is 4.90 Å². The van der Waals surface area contributed by atoms with E-state index in [0.717, 1.165) is 29.0 Å². The molecule has 7 nitrogen and oxygen atoms in total. The van der Waals surface area contributed by atoms with Gasteiger partial charge in [-0.3, -0.25) is 0 Å². The van der Waals surface area contributed by atoms with Crippen molar-refractivity contribution in [1.82, 2.24) is 29.7 Å². The van der Waals surface area contributed by atoms with Crippen LogP contribution in [0.15, 0.2) is 79.3 Å². The number of halogens is 1. The van der Waals surface area contributed by atoms with Gasteiger partial charge in [0.25, 0.3) is 0 Å². The maximum Gasteiger partial charge on any atom is 0.226 e. The number of hydrogen-bond acceptors (Lipinski definition) is 6. The number of anilines is 1. The third-order valence-electron chi connectivity index (χ3n) is 5.80. The van der Waals surface area contributed by atoms with Gasteiger partial charge in [0.1, 0.15) is 11.4 Å². The van der Waals surface area contributed by atoms with Crippen molar-refractivity contribution in [3.63, 3.8) is 0 Å². The van der Waals surface area contributed by atoms with Crippen molar-refractivity contribution in [1.29, 1.82) is 0 Å². The number of aromatic nitrogens is 6. The van der Waals surface area contributed by atoms with E-state index in [1.165, 1.54) is 5.56 Å². The Morgan fingerprint density at radius 3 is 2.59 bits per heavy atom. The molecular weight excluding hydrogens is 446 g/mol. The summed E-state index contributed by atoms with van der Waals surface area (Å²) in [4.78, 5) is 20.3. The van der Waals surface area contributed by atoms with E-state index in [1.807, 2.05) is 42.5 Å². The highest BCUT2D eigenvalue weighted by molar-refractivity contribution is 6.30. The second-order valence-corrected chi connectivity index (χ2v) is 8.45. The molecule has 0 bridgehead atoms. The maximum absolute atomic E-state index is 6.00. The highest BCUT2D eigenvalue weighted by Gasteiger charge is 2.30. The molecule has 0 amide bonds. The molecule has 4 heterocycles. The molecule has 1 fully saturated rings. The van der Waals surface area contributed by atoms with Gasteiger partial charge in [-0.2, -0.15) is 9.78 Å². The number of hydrogen-bond donors (Lipinski definition) is 0. The molecule has 0 unspecified atom stereocenters. The summed E-state index contributed by atoms with van der Waals surface area (Å²) in [7, 11) is 0. The van der Waals surface area contributed by atoms with Crippen molar-refractivity contribution in [2.24, 2.45) is 0 Å². The van der Waals surface area contributed by atoms with Gasteiger partial charge in [-0.25, -0.2) is 19.9 Å².